The summed E-state index contributed by atoms with van der Waals surface area (Å²) < 4.78 is 18.7. The zero-order chi connectivity index (χ0) is 19.4. The van der Waals surface area contributed by atoms with Crippen LogP contribution in [0.15, 0.2) is 12.3 Å². The highest BCUT2D eigenvalue weighted by Gasteiger charge is 2.21. The van der Waals surface area contributed by atoms with Crippen molar-refractivity contribution in [1.82, 2.24) is 19.5 Å². The number of hydrogen-bond donors (Lipinski definition) is 1. The largest absolute Gasteiger partial charge is 0.499 e. The van der Waals surface area contributed by atoms with E-state index in [2.05, 4.69) is 28.5 Å². The second-order valence-corrected chi connectivity index (χ2v) is 7.07. The monoisotopic (exact) mass is 375 g/mol. The summed E-state index contributed by atoms with van der Waals surface area (Å²) in [7, 11) is 1.60. The summed E-state index contributed by atoms with van der Waals surface area (Å²) >= 11 is 0. The summed E-state index contributed by atoms with van der Waals surface area (Å²) in [5, 5.41) is 0. The van der Waals surface area contributed by atoms with Crippen LogP contribution in [0.1, 0.15) is 46.0 Å². The average Bonchev–Trinajstić information content (AvgIpc) is 2.98. The number of anilines is 1. The Morgan fingerprint density at radius 2 is 2.19 bits per heavy atom. The van der Waals surface area contributed by atoms with Crippen molar-refractivity contribution in [2.45, 2.75) is 58.6 Å². The topological polar surface area (TPSA) is 97.3 Å². The van der Waals surface area contributed by atoms with Crippen LogP contribution in [0, 0.1) is 5.92 Å². The van der Waals surface area contributed by atoms with Gasteiger partial charge in [-0.05, 0) is 32.1 Å². The van der Waals surface area contributed by atoms with Gasteiger partial charge in [-0.2, -0.15) is 15.0 Å². The number of allylic oxidation sites excluding steroid dienone is 1. The lowest BCUT2D eigenvalue weighted by atomic mass is 9.95. The van der Waals surface area contributed by atoms with E-state index in [-0.39, 0.29) is 12.1 Å². The van der Waals surface area contributed by atoms with Crippen molar-refractivity contribution in [2.75, 3.05) is 19.5 Å². The summed E-state index contributed by atoms with van der Waals surface area (Å²) in [5.41, 5.74) is 7.29. The van der Waals surface area contributed by atoms with Crippen molar-refractivity contribution < 1.29 is 14.2 Å². The number of fused-ring (bicyclic) bond motifs is 1. The number of imidazole rings is 1. The van der Waals surface area contributed by atoms with Crippen LogP contribution in [-0.4, -0.2) is 39.3 Å². The van der Waals surface area contributed by atoms with Gasteiger partial charge in [0, 0.05) is 13.0 Å². The third-order valence-electron chi connectivity index (χ3n) is 4.86. The first-order chi connectivity index (χ1) is 13.0. The molecule has 0 radical (unpaired) electrons. The molecule has 0 bridgehead atoms. The van der Waals surface area contributed by atoms with Crippen LogP contribution in [0.2, 0.25) is 0 Å². The molecule has 8 nitrogen and oxygen atoms in total. The molecule has 1 fully saturated rings. The number of rotatable bonds is 8. The van der Waals surface area contributed by atoms with E-state index in [0.717, 1.165) is 51.0 Å². The minimum absolute atomic E-state index is 0.0263. The van der Waals surface area contributed by atoms with Crippen LogP contribution >= 0.6 is 0 Å². The van der Waals surface area contributed by atoms with Gasteiger partial charge in [-0.15, -0.1) is 0 Å². The van der Waals surface area contributed by atoms with Gasteiger partial charge < -0.3 is 19.9 Å². The first-order valence-electron chi connectivity index (χ1n) is 9.56. The van der Waals surface area contributed by atoms with Gasteiger partial charge in [0.1, 0.15) is 0 Å². The average molecular weight is 375 g/mol. The Kier molecular flexibility index (Phi) is 6.03. The molecule has 0 saturated carbocycles. The van der Waals surface area contributed by atoms with E-state index < -0.39 is 0 Å². The molecule has 0 amide bonds. The Labute approximate surface area is 159 Å². The predicted molar refractivity (Wildman–Crippen MR) is 104 cm³/mol. The molecule has 2 aromatic rings. The van der Waals surface area contributed by atoms with Crippen molar-refractivity contribution in [3.8, 4) is 12.0 Å². The van der Waals surface area contributed by atoms with Crippen molar-refractivity contribution >= 4 is 17.0 Å². The Hall–Kier alpha value is -2.51. The molecule has 3 heterocycles. The Balaban J connectivity index is 1.85. The first-order valence-corrected chi connectivity index (χ1v) is 9.56. The van der Waals surface area contributed by atoms with Crippen LogP contribution < -0.4 is 15.2 Å². The molecular weight excluding hydrogens is 346 g/mol. The lowest BCUT2D eigenvalue weighted by molar-refractivity contribution is 0.127. The third kappa shape index (κ3) is 4.43. The quantitative estimate of drug-likeness (QED) is 0.756. The molecule has 148 valence electrons. The molecule has 8 heteroatoms. The molecule has 1 aliphatic rings. The molecule has 0 aliphatic carbocycles. The van der Waals surface area contributed by atoms with Crippen LogP contribution in [0.25, 0.3) is 11.2 Å². The lowest BCUT2D eigenvalue weighted by Gasteiger charge is -2.24. The van der Waals surface area contributed by atoms with Gasteiger partial charge in [0.05, 0.1) is 25.6 Å². The third-order valence-corrected chi connectivity index (χ3v) is 4.86. The summed E-state index contributed by atoms with van der Waals surface area (Å²) in [6, 6.07) is 0.764. The molecule has 1 saturated heterocycles. The number of aromatic nitrogens is 4. The summed E-state index contributed by atoms with van der Waals surface area (Å²) in [6.45, 7) is 9.51. The van der Waals surface area contributed by atoms with Crippen LogP contribution in [0.4, 0.5) is 5.82 Å². The highest BCUT2D eigenvalue weighted by Crippen LogP contribution is 2.29. The second-order valence-electron chi connectivity index (χ2n) is 7.07. The van der Waals surface area contributed by atoms with Gasteiger partial charge in [-0.3, -0.25) is 4.57 Å². The summed E-state index contributed by atoms with van der Waals surface area (Å²) in [5.74, 6) is 1.68. The van der Waals surface area contributed by atoms with E-state index in [0.29, 0.717) is 28.9 Å². The maximum absolute atomic E-state index is 6.11. The molecule has 2 atom stereocenters. The Morgan fingerprint density at radius 3 is 2.89 bits per heavy atom. The minimum atomic E-state index is 0.0263. The fourth-order valence-electron chi connectivity index (χ4n) is 3.45. The highest BCUT2D eigenvalue weighted by molar-refractivity contribution is 5.83. The van der Waals surface area contributed by atoms with Gasteiger partial charge in [0.2, 0.25) is 0 Å². The van der Waals surface area contributed by atoms with Crippen LogP contribution in [0.5, 0.6) is 12.0 Å². The molecular formula is C19H29N5O3. The number of methoxy groups -OCH3 is 1. The van der Waals surface area contributed by atoms with Gasteiger partial charge in [0.15, 0.2) is 17.0 Å². The number of hydrogen-bond acceptors (Lipinski definition) is 7. The fraction of sp³-hybridized carbons (Fsp3) is 0.632. The molecule has 0 aromatic carbocycles. The fourth-order valence-corrected chi connectivity index (χ4v) is 3.45. The summed E-state index contributed by atoms with van der Waals surface area (Å²) in [6.07, 6.45) is 4.84. The van der Waals surface area contributed by atoms with Crippen molar-refractivity contribution in [3.63, 3.8) is 0 Å². The van der Waals surface area contributed by atoms with Crippen molar-refractivity contribution in [2.24, 2.45) is 5.92 Å². The highest BCUT2D eigenvalue weighted by atomic mass is 16.5. The van der Waals surface area contributed by atoms with Gasteiger partial charge in [-0.1, -0.05) is 19.9 Å². The van der Waals surface area contributed by atoms with Gasteiger partial charge in [-0.25, -0.2) is 0 Å². The van der Waals surface area contributed by atoms with Gasteiger partial charge in [0.25, 0.3) is 6.01 Å². The van der Waals surface area contributed by atoms with E-state index >= 15 is 0 Å². The molecule has 2 aromatic heterocycles. The van der Waals surface area contributed by atoms with E-state index in [1.165, 1.54) is 0 Å². The van der Waals surface area contributed by atoms with E-state index in [1.54, 1.807) is 7.11 Å². The van der Waals surface area contributed by atoms with Crippen LogP contribution in [-0.2, 0) is 11.3 Å². The van der Waals surface area contributed by atoms with E-state index in [4.69, 9.17) is 19.9 Å². The molecule has 2 N–H and O–H groups in total. The van der Waals surface area contributed by atoms with Crippen LogP contribution in [0.3, 0.4) is 0 Å². The van der Waals surface area contributed by atoms with E-state index in [9.17, 15) is 0 Å². The number of nitrogen functional groups attached to an aromatic ring is 1. The zero-order valence-electron chi connectivity index (χ0n) is 16.4. The Bertz CT molecular complexity index is 804. The SMILES string of the molecule is C=C1CC(CCn2c(OC)nc3c(N)nc(O[C@@H](C)CCC)nc32)CCO1. The molecule has 1 aliphatic heterocycles. The second kappa shape index (κ2) is 8.45. The normalized spacial score (nSPS) is 18.3. The van der Waals surface area contributed by atoms with Gasteiger partial charge >= 0.3 is 6.01 Å². The first kappa shape index (κ1) is 19.3. The smallest absolute Gasteiger partial charge is 0.320 e. The zero-order valence-corrected chi connectivity index (χ0v) is 16.4. The minimum Gasteiger partial charge on any atom is -0.499 e. The molecule has 0 spiro atoms. The maximum atomic E-state index is 6.11. The number of ether oxygens (including phenoxy) is 3. The maximum Gasteiger partial charge on any atom is 0.320 e. The summed E-state index contributed by atoms with van der Waals surface area (Å²) in [4.78, 5) is 13.3. The number of nitrogens with zero attached hydrogens (tertiary/aromatic N) is 4. The number of aryl methyl sites for hydroxylation is 1. The molecule has 27 heavy (non-hydrogen) atoms. The lowest BCUT2D eigenvalue weighted by Crippen LogP contribution is -2.16. The van der Waals surface area contributed by atoms with Crippen molar-refractivity contribution in [1.29, 1.82) is 0 Å². The standard InChI is InChI=1S/C19H29N5O3/c1-5-6-12(2)27-18-22-16(20)15-17(23-18)24(19(21-15)25-4)9-7-14-8-10-26-13(3)11-14/h12,14H,3,5-11H2,1-2,4H3,(H2,20,22,23)/t12-,14?/m0/s1. The molecule has 3 rings (SSSR count). The van der Waals surface area contributed by atoms with E-state index in [1.807, 2.05) is 11.5 Å². The Morgan fingerprint density at radius 1 is 1.37 bits per heavy atom. The van der Waals surface area contributed by atoms with Crippen molar-refractivity contribution in [3.05, 3.63) is 12.3 Å². The predicted octanol–water partition coefficient (Wildman–Crippen LogP) is 3.31. The molecule has 1 unspecified atom stereocenters. The number of nitrogens with two attached hydrogens (primary N) is 1.